The third-order valence-corrected chi connectivity index (χ3v) is 27.6. The van der Waals surface area contributed by atoms with E-state index in [4.69, 9.17) is 41.2 Å². The fourth-order valence-corrected chi connectivity index (χ4v) is 24.7. The van der Waals surface area contributed by atoms with Crippen molar-refractivity contribution in [1.82, 2.24) is 40.1 Å². The molecule has 4 N–H and O–H groups in total. The van der Waals surface area contributed by atoms with Crippen LogP contribution in [-0.4, -0.2) is 159 Å². The molecule has 71 heavy (non-hydrogen) atoms. The molecule has 0 spiro atoms. The quantitative estimate of drug-likeness (QED) is 0.0278. The molecule has 1 unspecified atom stereocenters. The Morgan fingerprint density at radius 3 is 2.28 bits per heavy atom. The maximum absolute atomic E-state index is 12.4. The highest BCUT2D eigenvalue weighted by Gasteiger charge is 2.63. The number of imidazole rings is 1. The second kappa shape index (κ2) is 26.8. The number of carbonyl (C=O) groups is 2. The van der Waals surface area contributed by atoms with Crippen molar-refractivity contribution in [1.29, 1.82) is 5.26 Å². The van der Waals surface area contributed by atoms with Crippen LogP contribution < -0.4 is 21.3 Å². The van der Waals surface area contributed by atoms with Gasteiger partial charge in [-0.3, -0.25) is 9.36 Å². The van der Waals surface area contributed by atoms with Gasteiger partial charge < -0.3 is 57.5 Å². The lowest BCUT2D eigenvalue weighted by molar-refractivity contribution is -0.121. The molecule has 0 aromatic carbocycles. The fraction of sp³-hybridized carbons (Fsp3) is 0.830. The molecule has 400 valence electrons. The van der Waals surface area contributed by atoms with Crippen molar-refractivity contribution in [3.63, 3.8) is 0 Å². The van der Waals surface area contributed by atoms with Crippen molar-refractivity contribution in [2.75, 3.05) is 63.8 Å². The summed E-state index contributed by atoms with van der Waals surface area (Å²) in [5.41, 5.74) is 1.57. The Bertz CT molecular complexity index is 2030. The van der Waals surface area contributed by atoms with Crippen LogP contribution in [-0.2, 0) is 41.0 Å². The summed E-state index contributed by atoms with van der Waals surface area (Å²) in [6, 6.07) is 2.69. The van der Waals surface area contributed by atoms with Crippen LogP contribution >= 0.6 is 20.3 Å². The van der Waals surface area contributed by atoms with E-state index >= 15 is 0 Å². The van der Waals surface area contributed by atoms with Gasteiger partial charge in [-0.25, -0.2) is 24.4 Å². The van der Waals surface area contributed by atoms with Gasteiger partial charge in [0.2, 0.25) is 5.91 Å². The Hall–Kier alpha value is -2.57. The monoisotopic (exact) mass is 1070 g/mol. The zero-order valence-electron chi connectivity index (χ0n) is 44.2. The highest BCUT2D eigenvalue weighted by molar-refractivity contribution is 8.00. The Morgan fingerprint density at radius 1 is 0.930 bits per heavy atom. The summed E-state index contributed by atoms with van der Waals surface area (Å²) in [4.78, 5) is 38.0. The van der Waals surface area contributed by atoms with E-state index in [-0.39, 0.29) is 77.9 Å². The lowest BCUT2D eigenvalue weighted by Gasteiger charge is -2.51. The maximum atomic E-state index is 12.4. The number of carbonyl (C=O) groups excluding carboxylic acids is 2. The van der Waals surface area contributed by atoms with Gasteiger partial charge in [-0.05, 0) is 62.7 Å². The van der Waals surface area contributed by atoms with Gasteiger partial charge in [0.1, 0.15) is 36.5 Å². The standard InChI is InChI=1S/C47H83N10O10PSSi2/c1-30(2)57(31(3)4)68(62-21-15-18-48)65-43-42-37(26-63-70(32(5)6,33(7)8)67-71(66-42,34(9)10)35(11)12)64-46(43)56-29-53-45-41(56)44(51-28-52-45)50-20-23-61-25-24-60-22-19-49-39(58)17-14-13-16-38-40-36(27-69-38)54-47(59)55-40/h28-38,40,42-43,46H,13-17,19-27H2,1-12H3,(H,49,58)(H,50,51,52)(H2,54,55,59)/t36-,37+,38-,40-,42+,43+,46+,68?/m0/s1. The zero-order chi connectivity index (χ0) is 51.5. The Kier molecular flexibility index (Phi) is 21.8. The molecule has 0 bridgehead atoms. The highest BCUT2D eigenvalue weighted by Crippen LogP contribution is 2.54. The molecular formula is C47H83N10O10PSSi2. The smallest absolute Gasteiger partial charge is 0.335 e. The number of unbranched alkanes of at least 4 members (excludes halogenated alkanes) is 1. The first kappa shape index (κ1) is 57.7. The average Bonchev–Trinajstić information content (AvgIpc) is 4.08. The Balaban J connectivity index is 1.10. The number of urea groups is 1. The minimum Gasteiger partial charge on any atom is -0.414 e. The number of anilines is 1. The van der Waals surface area contributed by atoms with Gasteiger partial charge >= 0.3 is 23.2 Å². The molecule has 8 atom stereocenters. The number of ether oxygens (including phenoxy) is 3. The first-order chi connectivity index (χ1) is 33.9. The second-order valence-corrected chi connectivity index (χ2v) is 32.2. The van der Waals surface area contributed by atoms with Crippen LogP contribution in [0.5, 0.6) is 0 Å². The molecule has 24 heteroatoms. The van der Waals surface area contributed by atoms with E-state index in [1.807, 2.05) is 16.3 Å². The fourth-order valence-electron chi connectivity index (χ4n) is 10.2. The number of hydrogen-bond donors (Lipinski definition) is 4. The molecule has 0 radical (unpaired) electrons. The van der Waals surface area contributed by atoms with E-state index in [9.17, 15) is 14.9 Å². The normalized spacial score (nSPS) is 25.5. The van der Waals surface area contributed by atoms with E-state index in [1.54, 1.807) is 6.33 Å². The van der Waals surface area contributed by atoms with Crippen molar-refractivity contribution in [2.24, 2.45) is 0 Å². The largest absolute Gasteiger partial charge is 0.414 e. The van der Waals surface area contributed by atoms with Crippen LogP contribution in [0.15, 0.2) is 12.7 Å². The third-order valence-electron chi connectivity index (χ3n) is 13.7. The third kappa shape index (κ3) is 14.0. The molecule has 2 aromatic heterocycles. The van der Waals surface area contributed by atoms with Crippen molar-refractivity contribution < 1.29 is 45.8 Å². The number of nitrogens with one attached hydrogen (secondary N) is 4. The minimum absolute atomic E-state index is 0.0180. The number of hydrogen-bond acceptors (Lipinski definition) is 17. The van der Waals surface area contributed by atoms with E-state index in [0.717, 1.165) is 25.0 Å². The molecule has 6 rings (SSSR count). The molecule has 6 heterocycles. The summed E-state index contributed by atoms with van der Waals surface area (Å²) in [6.07, 6.45) is 4.01. The lowest BCUT2D eigenvalue weighted by atomic mass is 10.0. The number of thioether (sulfide) groups is 1. The van der Waals surface area contributed by atoms with Crippen molar-refractivity contribution in [2.45, 2.75) is 191 Å². The lowest BCUT2D eigenvalue weighted by Crippen LogP contribution is -2.65. The number of nitrogens with zero attached hydrogens (tertiary/aromatic N) is 6. The van der Waals surface area contributed by atoms with Crippen LogP contribution in [0, 0.1) is 11.3 Å². The molecule has 2 aromatic rings. The average molecular weight is 1070 g/mol. The van der Waals surface area contributed by atoms with Gasteiger partial charge in [0.05, 0.1) is 64.2 Å². The predicted molar refractivity (Wildman–Crippen MR) is 280 cm³/mol. The molecular weight excluding hydrogens is 984 g/mol. The molecule has 0 saturated carbocycles. The molecule has 4 saturated heterocycles. The van der Waals surface area contributed by atoms with Crippen molar-refractivity contribution in [3.05, 3.63) is 12.7 Å². The molecule has 4 fully saturated rings. The maximum Gasteiger partial charge on any atom is 0.335 e. The van der Waals surface area contributed by atoms with Crippen molar-refractivity contribution in [3.8, 4) is 6.07 Å². The Morgan fingerprint density at radius 2 is 1.62 bits per heavy atom. The van der Waals surface area contributed by atoms with Crippen molar-refractivity contribution >= 4 is 66.3 Å². The van der Waals surface area contributed by atoms with Gasteiger partial charge in [-0.15, -0.1) is 0 Å². The van der Waals surface area contributed by atoms with Gasteiger partial charge in [0, 0.05) is 42.6 Å². The predicted octanol–water partition coefficient (Wildman–Crippen LogP) is 7.63. The first-order valence-electron chi connectivity index (χ1n) is 25.9. The number of aromatic nitrogens is 4. The molecule has 0 aliphatic carbocycles. The van der Waals surface area contributed by atoms with Gasteiger partial charge in [-0.2, -0.15) is 17.0 Å². The summed E-state index contributed by atoms with van der Waals surface area (Å²) in [5, 5.41) is 22.3. The molecule has 4 aliphatic rings. The highest BCUT2D eigenvalue weighted by atomic mass is 32.2. The number of nitriles is 1. The minimum atomic E-state index is -3.12. The van der Waals surface area contributed by atoms with Crippen LogP contribution in [0.3, 0.4) is 0 Å². The van der Waals surface area contributed by atoms with Gasteiger partial charge in [-0.1, -0.05) is 61.8 Å². The van der Waals surface area contributed by atoms with E-state index in [2.05, 4.69) is 125 Å². The van der Waals surface area contributed by atoms with Crippen LogP contribution in [0.1, 0.15) is 121 Å². The first-order valence-corrected chi connectivity index (χ1v) is 32.0. The van der Waals surface area contributed by atoms with Crippen LogP contribution in [0.25, 0.3) is 11.2 Å². The SMILES string of the molecule is CC(C)N(C(C)C)P(OCCC#N)O[C@@H]1[C@@H]2O[Si](C(C)C)(C(C)C)O[Si](C(C)C)(C(C)C)OC[C@H]2O[C@H]1n1cnc2ncnc(NCCOCCOCCNC(=O)CCCC[C@@H]3SC[C@@H]4NC(=O)N[C@@H]43)c21. The summed E-state index contributed by atoms with van der Waals surface area (Å²) in [6.45, 7) is 29.0. The summed E-state index contributed by atoms with van der Waals surface area (Å²) >= 11 is 1.90. The molecule has 3 amide bonds. The Labute approximate surface area is 429 Å². The summed E-state index contributed by atoms with van der Waals surface area (Å²) < 4.78 is 59.2. The summed E-state index contributed by atoms with van der Waals surface area (Å²) in [7, 11) is -7.75. The zero-order valence-corrected chi connectivity index (χ0v) is 47.9. The van der Waals surface area contributed by atoms with Gasteiger partial charge in [0.15, 0.2) is 17.7 Å². The number of fused-ring (bicyclic) bond motifs is 3. The summed E-state index contributed by atoms with van der Waals surface area (Å²) in [5.74, 6) is 1.51. The van der Waals surface area contributed by atoms with Crippen LogP contribution in [0.4, 0.5) is 10.6 Å². The number of amides is 3. The molecule has 4 aliphatic heterocycles. The van der Waals surface area contributed by atoms with Crippen LogP contribution in [0.2, 0.25) is 22.2 Å². The molecule has 20 nitrogen and oxygen atoms in total. The second-order valence-electron chi connectivity index (χ2n) is 20.7. The van der Waals surface area contributed by atoms with E-state index < -0.39 is 50.2 Å². The van der Waals surface area contributed by atoms with Gasteiger partial charge in [0.25, 0.3) is 8.53 Å². The topological polar surface area (TPSA) is 227 Å². The van der Waals surface area contributed by atoms with E-state index in [0.29, 0.717) is 68.2 Å². The van der Waals surface area contributed by atoms with E-state index in [1.165, 1.54) is 6.33 Å². The number of rotatable bonds is 28.